The molecule has 1 aliphatic rings. The minimum Gasteiger partial charge on any atom is -0.487 e. The van der Waals surface area contributed by atoms with Gasteiger partial charge in [0.2, 0.25) is 0 Å². The highest BCUT2D eigenvalue weighted by molar-refractivity contribution is 6.32. The van der Waals surface area contributed by atoms with Crippen molar-refractivity contribution in [2.75, 3.05) is 23.7 Å². The Kier molecular flexibility index (Phi) is 3.93. The summed E-state index contributed by atoms with van der Waals surface area (Å²) in [6.07, 6.45) is 1.15. The molecule has 0 aliphatic carbocycles. The van der Waals surface area contributed by atoms with Gasteiger partial charge in [0.25, 0.3) is 0 Å². The maximum atomic E-state index is 6.16. The third kappa shape index (κ3) is 3.24. The van der Waals surface area contributed by atoms with Crippen molar-refractivity contribution >= 4 is 23.0 Å². The molecule has 0 unspecified atom stereocenters. The highest BCUT2D eigenvalue weighted by Gasteiger charge is 2.24. The number of halogens is 1. The molecule has 110 valence electrons. The van der Waals surface area contributed by atoms with Crippen LogP contribution in [0.5, 0.6) is 5.75 Å². The van der Waals surface area contributed by atoms with Gasteiger partial charge in [0.05, 0.1) is 11.6 Å². The van der Waals surface area contributed by atoms with Gasteiger partial charge in [-0.1, -0.05) is 29.3 Å². The third-order valence-electron chi connectivity index (χ3n) is 3.79. The van der Waals surface area contributed by atoms with Crippen molar-refractivity contribution in [2.45, 2.75) is 19.4 Å². The molecule has 4 heteroatoms. The van der Waals surface area contributed by atoms with Gasteiger partial charge in [0.1, 0.15) is 11.9 Å². The number of nitrogen functional groups attached to an aromatic ring is 1. The van der Waals surface area contributed by atoms with Crippen molar-refractivity contribution in [2.24, 2.45) is 0 Å². The van der Waals surface area contributed by atoms with Gasteiger partial charge in [-0.05, 0) is 37.3 Å². The zero-order chi connectivity index (χ0) is 14.8. The van der Waals surface area contributed by atoms with Crippen LogP contribution in [0, 0.1) is 6.92 Å². The standard InChI is InChI=1S/C17H19ClN2O/c1-12-2-5-14(6-3-12)20-9-8-15(11-20)21-17-7-4-13(19)10-16(17)18/h2-7,10,15H,8-9,11,19H2,1H3/t15-/m0/s1. The third-order valence-corrected chi connectivity index (χ3v) is 4.09. The molecular formula is C17H19ClN2O. The summed E-state index contributed by atoms with van der Waals surface area (Å²) in [5.74, 6) is 0.710. The van der Waals surface area contributed by atoms with Gasteiger partial charge in [-0.3, -0.25) is 0 Å². The molecule has 1 aliphatic heterocycles. The first-order valence-corrected chi connectivity index (χ1v) is 7.53. The lowest BCUT2D eigenvalue weighted by Gasteiger charge is -2.19. The molecule has 0 bridgehead atoms. The molecule has 1 fully saturated rings. The van der Waals surface area contributed by atoms with Crippen molar-refractivity contribution in [3.63, 3.8) is 0 Å². The molecular weight excluding hydrogens is 284 g/mol. The van der Waals surface area contributed by atoms with Gasteiger partial charge >= 0.3 is 0 Å². The first-order chi connectivity index (χ1) is 10.1. The SMILES string of the molecule is Cc1ccc(N2CC[C@H](Oc3ccc(N)cc3Cl)C2)cc1. The van der Waals surface area contributed by atoms with Crippen LogP contribution in [0.15, 0.2) is 42.5 Å². The fraction of sp³-hybridized carbons (Fsp3) is 0.294. The summed E-state index contributed by atoms with van der Waals surface area (Å²) in [6, 6.07) is 14.0. The van der Waals surface area contributed by atoms with Crippen molar-refractivity contribution < 1.29 is 4.74 Å². The zero-order valence-corrected chi connectivity index (χ0v) is 12.8. The van der Waals surface area contributed by atoms with Crippen LogP contribution in [0.3, 0.4) is 0 Å². The minimum absolute atomic E-state index is 0.160. The molecule has 2 aromatic rings. The number of hydrogen-bond donors (Lipinski definition) is 1. The van der Waals surface area contributed by atoms with Crippen molar-refractivity contribution in [3.8, 4) is 5.75 Å². The lowest BCUT2D eigenvalue weighted by atomic mass is 10.2. The number of rotatable bonds is 3. The molecule has 3 nitrogen and oxygen atoms in total. The van der Waals surface area contributed by atoms with Crippen LogP contribution in [0.2, 0.25) is 5.02 Å². The summed E-state index contributed by atoms with van der Waals surface area (Å²) in [4.78, 5) is 2.34. The fourth-order valence-electron chi connectivity index (χ4n) is 2.61. The zero-order valence-electron chi connectivity index (χ0n) is 12.1. The van der Waals surface area contributed by atoms with Gasteiger partial charge < -0.3 is 15.4 Å². The number of nitrogens with zero attached hydrogens (tertiary/aromatic N) is 1. The summed E-state index contributed by atoms with van der Waals surface area (Å²) in [5, 5.41) is 0.573. The smallest absolute Gasteiger partial charge is 0.138 e. The van der Waals surface area contributed by atoms with E-state index in [4.69, 9.17) is 22.1 Å². The van der Waals surface area contributed by atoms with E-state index in [1.54, 1.807) is 6.07 Å². The van der Waals surface area contributed by atoms with Crippen LogP contribution in [-0.2, 0) is 0 Å². The average Bonchev–Trinajstić information content (AvgIpc) is 2.91. The lowest BCUT2D eigenvalue weighted by Crippen LogP contribution is -2.24. The minimum atomic E-state index is 0.160. The molecule has 3 rings (SSSR count). The fourth-order valence-corrected chi connectivity index (χ4v) is 2.84. The molecule has 0 radical (unpaired) electrons. The average molecular weight is 303 g/mol. The first kappa shape index (κ1) is 14.1. The van der Waals surface area contributed by atoms with Gasteiger partial charge in [-0.25, -0.2) is 0 Å². The van der Waals surface area contributed by atoms with Crippen LogP contribution >= 0.6 is 11.6 Å². The van der Waals surface area contributed by atoms with Crippen molar-refractivity contribution in [1.29, 1.82) is 0 Å². The Balaban J connectivity index is 1.65. The second-order valence-electron chi connectivity index (χ2n) is 5.50. The van der Waals surface area contributed by atoms with E-state index in [2.05, 4.69) is 36.1 Å². The molecule has 0 aromatic heterocycles. The van der Waals surface area contributed by atoms with Gasteiger partial charge in [0, 0.05) is 24.3 Å². The van der Waals surface area contributed by atoms with E-state index in [-0.39, 0.29) is 6.10 Å². The summed E-state index contributed by atoms with van der Waals surface area (Å²) in [6.45, 7) is 3.98. The number of anilines is 2. The number of hydrogen-bond acceptors (Lipinski definition) is 3. The van der Waals surface area contributed by atoms with Crippen LogP contribution in [0.25, 0.3) is 0 Å². The molecule has 1 atom stereocenters. The highest BCUT2D eigenvalue weighted by atomic mass is 35.5. The maximum absolute atomic E-state index is 6.16. The highest BCUT2D eigenvalue weighted by Crippen LogP contribution is 2.30. The Bertz CT molecular complexity index is 627. The normalized spacial score (nSPS) is 18.0. The van der Waals surface area contributed by atoms with Gasteiger partial charge in [-0.15, -0.1) is 0 Å². The summed E-state index contributed by atoms with van der Waals surface area (Å²) in [5.41, 5.74) is 8.87. The topological polar surface area (TPSA) is 38.5 Å². The van der Waals surface area contributed by atoms with E-state index in [1.807, 2.05) is 12.1 Å². The molecule has 0 amide bonds. The number of ether oxygens (including phenoxy) is 1. The molecule has 0 spiro atoms. The van der Waals surface area contributed by atoms with Gasteiger partial charge in [-0.2, -0.15) is 0 Å². The Morgan fingerprint density at radius 2 is 1.95 bits per heavy atom. The second kappa shape index (κ2) is 5.86. The number of benzene rings is 2. The molecule has 1 saturated heterocycles. The van der Waals surface area contributed by atoms with E-state index < -0.39 is 0 Å². The van der Waals surface area contributed by atoms with E-state index in [9.17, 15) is 0 Å². The predicted molar refractivity (Wildman–Crippen MR) is 88.3 cm³/mol. The predicted octanol–water partition coefficient (Wildman–Crippen LogP) is 3.89. The largest absolute Gasteiger partial charge is 0.487 e. The number of nitrogens with two attached hydrogens (primary N) is 1. The van der Waals surface area contributed by atoms with Crippen molar-refractivity contribution in [3.05, 3.63) is 53.1 Å². The van der Waals surface area contributed by atoms with E-state index in [1.165, 1.54) is 11.3 Å². The quantitative estimate of drug-likeness (QED) is 0.874. The van der Waals surface area contributed by atoms with Crippen LogP contribution in [0.4, 0.5) is 11.4 Å². The first-order valence-electron chi connectivity index (χ1n) is 7.15. The Morgan fingerprint density at radius 1 is 1.19 bits per heavy atom. The Morgan fingerprint density at radius 3 is 2.67 bits per heavy atom. The van der Waals surface area contributed by atoms with E-state index in [0.717, 1.165) is 19.5 Å². The maximum Gasteiger partial charge on any atom is 0.138 e. The van der Waals surface area contributed by atoms with Gasteiger partial charge in [0.15, 0.2) is 0 Å². The summed E-state index contributed by atoms with van der Waals surface area (Å²) >= 11 is 6.16. The Hall–Kier alpha value is -1.87. The molecule has 1 heterocycles. The summed E-state index contributed by atoms with van der Waals surface area (Å²) < 4.78 is 6.01. The van der Waals surface area contributed by atoms with E-state index in [0.29, 0.717) is 16.5 Å². The monoisotopic (exact) mass is 302 g/mol. The molecule has 0 saturated carbocycles. The van der Waals surface area contributed by atoms with Crippen LogP contribution in [-0.4, -0.2) is 19.2 Å². The van der Waals surface area contributed by atoms with Crippen LogP contribution < -0.4 is 15.4 Å². The van der Waals surface area contributed by atoms with E-state index >= 15 is 0 Å². The number of aryl methyl sites for hydroxylation is 1. The summed E-state index contributed by atoms with van der Waals surface area (Å²) in [7, 11) is 0. The van der Waals surface area contributed by atoms with Crippen molar-refractivity contribution in [1.82, 2.24) is 0 Å². The second-order valence-corrected chi connectivity index (χ2v) is 5.91. The lowest BCUT2D eigenvalue weighted by molar-refractivity contribution is 0.225. The molecule has 2 N–H and O–H groups in total. The molecule has 2 aromatic carbocycles. The van der Waals surface area contributed by atoms with Crippen LogP contribution in [0.1, 0.15) is 12.0 Å². The molecule has 21 heavy (non-hydrogen) atoms. The Labute approximate surface area is 130 Å².